The Morgan fingerprint density at radius 1 is 1.19 bits per heavy atom. The number of likely N-dealkylation sites (tertiary alicyclic amines) is 1. The molecule has 2 N–H and O–H groups in total. The number of carbonyl (C=O) groups excluding carboxylic acids is 2. The summed E-state index contributed by atoms with van der Waals surface area (Å²) in [6.45, 7) is 0.369. The fourth-order valence-corrected chi connectivity index (χ4v) is 8.73. The van der Waals surface area contributed by atoms with Gasteiger partial charge in [-0.05, 0) is 71.7 Å². The number of carbonyl (C=O) groups is 2. The number of sulfonamides is 2. The molecule has 1 amide bonds. The molecule has 2 saturated carbocycles. The van der Waals surface area contributed by atoms with Crippen LogP contribution < -0.4 is 10.0 Å². The molecule has 190 valence electrons. The minimum Gasteiger partial charge on any atom is -0.341 e. The predicted octanol–water partition coefficient (Wildman–Crippen LogP) is 2.27. The number of benzene rings is 1. The lowest BCUT2D eigenvalue weighted by Crippen LogP contribution is -2.61. The van der Waals surface area contributed by atoms with Crippen molar-refractivity contribution in [1.82, 2.24) is 4.90 Å². The number of anilines is 2. The van der Waals surface area contributed by atoms with Crippen LogP contribution in [0, 0.1) is 23.7 Å². The number of Topliss-reactive ketones (excluding diaryl/α,β-unsaturated/α-hetero) is 1. The number of amidine groups is 1. The highest BCUT2D eigenvalue weighted by molar-refractivity contribution is 7.92. The van der Waals surface area contributed by atoms with Crippen molar-refractivity contribution in [1.29, 1.82) is 0 Å². The lowest BCUT2D eigenvalue weighted by atomic mass is 9.73. The molecule has 5 atom stereocenters. The van der Waals surface area contributed by atoms with Crippen LogP contribution in [0.2, 0.25) is 0 Å². The standard InChI is InChI=1S/C23H24N4O6S3/c1-35(30,31)25-15-4-5-16-17(9-15)36(32,33)26-22(24-16)19-21(28)18-13-2-3-14(8-13)20(18)27(23(19)29)10-12-6-7-34-11-12/h4-7,9,11,13-14,18-20,25H,2-3,8,10H2,1H3,(H,24,26)/t13-,14+,18+,19?,20-/m0/s1. The van der Waals surface area contributed by atoms with Crippen LogP contribution in [0.3, 0.4) is 0 Å². The maximum atomic E-state index is 13.8. The van der Waals surface area contributed by atoms with Gasteiger partial charge < -0.3 is 10.2 Å². The van der Waals surface area contributed by atoms with Crippen molar-refractivity contribution in [3.05, 3.63) is 40.6 Å². The van der Waals surface area contributed by atoms with Crippen LogP contribution in [0.4, 0.5) is 11.4 Å². The van der Waals surface area contributed by atoms with Crippen molar-refractivity contribution in [3.8, 4) is 0 Å². The third-order valence-corrected chi connectivity index (χ3v) is 10.3. The van der Waals surface area contributed by atoms with E-state index in [2.05, 4.69) is 14.4 Å². The molecule has 2 aliphatic carbocycles. The largest absolute Gasteiger partial charge is 0.341 e. The molecule has 13 heteroatoms. The second kappa shape index (κ2) is 8.12. The molecule has 2 aromatic rings. The molecule has 1 aromatic heterocycles. The summed E-state index contributed by atoms with van der Waals surface area (Å²) in [6, 6.07) is 5.75. The van der Waals surface area contributed by atoms with E-state index in [0.29, 0.717) is 6.54 Å². The van der Waals surface area contributed by atoms with E-state index in [-0.39, 0.29) is 51.7 Å². The second-order valence-corrected chi connectivity index (χ2v) is 14.0. The second-order valence-electron chi connectivity index (χ2n) is 9.94. The Hall–Kier alpha value is -2.77. The van der Waals surface area contributed by atoms with Gasteiger partial charge in [-0.2, -0.15) is 19.8 Å². The Kier molecular flexibility index (Phi) is 5.33. The number of rotatable bonds is 5. The minimum atomic E-state index is -4.30. The van der Waals surface area contributed by atoms with Crippen LogP contribution in [-0.2, 0) is 36.2 Å². The molecule has 3 fully saturated rings. The summed E-state index contributed by atoms with van der Waals surface area (Å²) in [6.07, 6.45) is 3.78. The average molecular weight is 549 g/mol. The van der Waals surface area contributed by atoms with E-state index < -0.39 is 31.9 Å². The zero-order valence-corrected chi connectivity index (χ0v) is 21.7. The lowest BCUT2D eigenvalue weighted by Gasteiger charge is -2.45. The Labute approximate surface area is 212 Å². The number of hydrogen-bond acceptors (Lipinski definition) is 8. The summed E-state index contributed by atoms with van der Waals surface area (Å²) < 4.78 is 55.5. The minimum absolute atomic E-state index is 0.0665. The predicted molar refractivity (Wildman–Crippen MR) is 135 cm³/mol. The molecular formula is C23H24N4O6S3. The van der Waals surface area contributed by atoms with Gasteiger partial charge in [0.2, 0.25) is 15.9 Å². The number of fused-ring (bicyclic) bond motifs is 6. The number of piperidine rings is 1. The van der Waals surface area contributed by atoms with E-state index >= 15 is 0 Å². The highest BCUT2D eigenvalue weighted by Gasteiger charge is 2.60. The third-order valence-electron chi connectivity index (χ3n) is 7.63. The van der Waals surface area contributed by atoms with Crippen LogP contribution in [0.25, 0.3) is 0 Å². The van der Waals surface area contributed by atoms with Crippen LogP contribution in [0.15, 0.2) is 44.3 Å². The topological polar surface area (TPSA) is 142 Å². The molecule has 4 aliphatic rings. The van der Waals surface area contributed by atoms with Crippen molar-refractivity contribution in [3.63, 3.8) is 0 Å². The van der Waals surface area contributed by atoms with Gasteiger partial charge in [0, 0.05) is 24.2 Å². The molecule has 2 aliphatic heterocycles. The molecular weight excluding hydrogens is 524 g/mol. The Morgan fingerprint density at radius 2 is 1.97 bits per heavy atom. The first kappa shape index (κ1) is 23.6. The molecule has 1 aromatic carbocycles. The summed E-state index contributed by atoms with van der Waals surface area (Å²) in [7, 11) is -7.92. The normalized spacial score (nSPS) is 30.4. The van der Waals surface area contributed by atoms with Gasteiger partial charge >= 0.3 is 0 Å². The quantitative estimate of drug-likeness (QED) is 0.546. The molecule has 10 nitrogen and oxygen atoms in total. The third kappa shape index (κ3) is 3.84. The van der Waals surface area contributed by atoms with Crippen molar-refractivity contribution in [2.75, 3.05) is 16.3 Å². The van der Waals surface area contributed by atoms with Gasteiger partial charge in [0.15, 0.2) is 11.7 Å². The van der Waals surface area contributed by atoms with Gasteiger partial charge in [0.25, 0.3) is 10.0 Å². The fourth-order valence-electron chi connectivity index (χ4n) is 6.33. The monoisotopic (exact) mass is 548 g/mol. The molecule has 2 bridgehead atoms. The highest BCUT2D eigenvalue weighted by Crippen LogP contribution is 2.54. The van der Waals surface area contributed by atoms with Gasteiger partial charge in [-0.1, -0.05) is 0 Å². The number of amides is 1. The fraction of sp³-hybridized carbons (Fsp3) is 0.435. The van der Waals surface area contributed by atoms with E-state index in [1.807, 2.05) is 16.8 Å². The lowest BCUT2D eigenvalue weighted by molar-refractivity contribution is -0.153. The van der Waals surface area contributed by atoms with Crippen LogP contribution in [0.1, 0.15) is 24.8 Å². The summed E-state index contributed by atoms with van der Waals surface area (Å²) in [4.78, 5) is 29.1. The Balaban J connectivity index is 1.38. The first-order valence-electron chi connectivity index (χ1n) is 11.6. The van der Waals surface area contributed by atoms with Gasteiger partial charge in [-0.25, -0.2) is 8.42 Å². The average Bonchev–Trinajstić information content (AvgIpc) is 3.54. The van der Waals surface area contributed by atoms with Crippen LogP contribution in [0.5, 0.6) is 0 Å². The van der Waals surface area contributed by atoms with E-state index in [4.69, 9.17) is 0 Å². The molecule has 0 radical (unpaired) electrons. The maximum Gasteiger partial charge on any atom is 0.286 e. The first-order chi connectivity index (χ1) is 17.0. The highest BCUT2D eigenvalue weighted by atomic mass is 32.2. The zero-order valence-electron chi connectivity index (χ0n) is 19.2. The number of ketones is 1. The summed E-state index contributed by atoms with van der Waals surface area (Å²) >= 11 is 1.53. The van der Waals surface area contributed by atoms with Crippen molar-refractivity contribution >= 4 is 60.3 Å². The van der Waals surface area contributed by atoms with Crippen LogP contribution in [-0.4, -0.2) is 51.6 Å². The van der Waals surface area contributed by atoms with E-state index in [0.717, 1.165) is 31.1 Å². The molecule has 6 rings (SSSR count). The number of hydrogen-bond donors (Lipinski definition) is 2. The molecule has 3 heterocycles. The van der Waals surface area contributed by atoms with Gasteiger partial charge in [-0.15, -0.1) is 4.40 Å². The van der Waals surface area contributed by atoms with E-state index in [1.54, 1.807) is 4.90 Å². The molecule has 36 heavy (non-hydrogen) atoms. The van der Waals surface area contributed by atoms with E-state index in [9.17, 15) is 26.4 Å². The van der Waals surface area contributed by atoms with Crippen molar-refractivity contribution in [2.24, 2.45) is 28.1 Å². The zero-order chi connectivity index (χ0) is 25.4. The van der Waals surface area contributed by atoms with Gasteiger partial charge in [0.1, 0.15) is 10.7 Å². The Bertz CT molecular complexity index is 1520. The van der Waals surface area contributed by atoms with E-state index in [1.165, 1.54) is 29.5 Å². The van der Waals surface area contributed by atoms with Gasteiger partial charge in [-0.3, -0.25) is 14.3 Å². The molecule has 1 saturated heterocycles. The summed E-state index contributed by atoms with van der Waals surface area (Å²) in [5, 5.41) is 6.81. The SMILES string of the molecule is CS(=O)(=O)Nc1ccc2c(c1)S(=O)(=O)N=C(C1C(=O)[C@@H]3[C@H]4CC[C@H](C4)[C@@H]3N(Cc3ccsc3)C1=O)N2. The van der Waals surface area contributed by atoms with Crippen molar-refractivity contribution in [2.45, 2.75) is 36.7 Å². The maximum absolute atomic E-state index is 13.8. The first-order valence-corrected chi connectivity index (χ1v) is 15.9. The summed E-state index contributed by atoms with van der Waals surface area (Å²) in [5.74, 6) is -2.09. The van der Waals surface area contributed by atoms with Gasteiger partial charge in [0.05, 0.1) is 11.9 Å². The smallest absolute Gasteiger partial charge is 0.286 e. The van der Waals surface area contributed by atoms with Crippen molar-refractivity contribution < 1.29 is 26.4 Å². The number of nitrogens with zero attached hydrogens (tertiary/aromatic N) is 2. The Morgan fingerprint density at radius 3 is 2.69 bits per heavy atom. The molecule has 0 spiro atoms. The van der Waals surface area contributed by atoms with Crippen LogP contribution >= 0.6 is 11.3 Å². The summed E-state index contributed by atoms with van der Waals surface area (Å²) in [5.41, 5.74) is 1.18. The number of nitrogens with one attached hydrogen (secondary N) is 2. The number of thiophene rings is 1. The molecule has 1 unspecified atom stereocenters.